The number of ether oxygens (including phenoxy) is 1. The molecule has 15 heavy (non-hydrogen) atoms. The van der Waals surface area contributed by atoms with E-state index in [9.17, 15) is 5.11 Å². The number of methoxy groups -OCH3 is 1. The van der Waals surface area contributed by atoms with Gasteiger partial charge in [0.25, 0.3) is 0 Å². The Balaban J connectivity index is 2.71. The van der Waals surface area contributed by atoms with Crippen molar-refractivity contribution in [1.29, 1.82) is 0 Å². The number of aliphatic hydroxyl groups excluding tert-OH is 1. The topological polar surface area (TPSA) is 78.2 Å². The third-order valence-electron chi connectivity index (χ3n) is 2.06. The molecule has 0 spiro atoms. The van der Waals surface area contributed by atoms with Gasteiger partial charge in [-0.05, 0) is 18.0 Å². The first-order valence-corrected chi connectivity index (χ1v) is 4.61. The van der Waals surface area contributed by atoms with E-state index in [1.807, 2.05) is 12.1 Å². The Kier molecular flexibility index (Phi) is 4.47. The quantitative estimate of drug-likeness (QED) is 0.457. The Morgan fingerprint density at radius 1 is 1.53 bits per heavy atom. The van der Waals surface area contributed by atoms with E-state index in [2.05, 4.69) is 10.0 Å². The maximum absolute atomic E-state index is 9.80. The minimum Gasteiger partial charge on any atom is -0.496 e. The summed E-state index contributed by atoms with van der Waals surface area (Å²) in [6.45, 7) is 0.274. The molecular formula is C10H13N3O2. The standard InChI is InChI=1S/C10H13N3O2/c1-15-10-5-3-2-4-8(10)9(14)6-7-12-13-11/h2-5,9,14H,6-7H2,1H3. The highest BCUT2D eigenvalue weighted by molar-refractivity contribution is 5.34. The lowest BCUT2D eigenvalue weighted by atomic mass is 10.1. The summed E-state index contributed by atoms with van der Waals surface area (Å²) in [7, 11) is 1.55. The fourth-order valence-corrected chi connectivity index (χ4v) is 1.32. The van der Waals surface area contributed by atoms with E-state index in [1.54, 1.807) is 19.2 Å². The van der Waals surface area contributed by atoms with Gasteiger partial charge in [0.2, 0.25) is 0 Å². The summed E-state index contributed by atoms with van der Waals surface area (Å²) >= 11 is 0. The Bertz CT molecular complexity index is 361. The molecule has 5 nitrogen and oxygen atoms in total. The van der Waals surface area contributed by atoms with Crippen LogP contribution in [-0.4, -0.2) is 18.8 Å². The predicted octanol–water partition coefficient (Wildman–Crippen LogP) is 2.43. The van der Waals surface area contributed by atoms with Gasteiger partial charge in [0.15, 0.2) is 0 Å². The molecule has 1 aromatic carbocycles. The molecule has 0 aromatic heterocycles. The second-order valence-corrected chi connectivity index (χ2v) is 3.00. The zero-order chi connectivity index (χ0) is 11.1. The number of para-hydroxylation sites is 1. The molecule has 0 amide bonds. The van der Waals surface area contributed by atoms with Crippen molar-refractivity contribution in [2.24, 2.45) is 5.11 Å². The van der Waals surface area contributed by atoms with Gasteiger partial charge < -0.3 is 9.84 Å². The lowest BCUT2D eigenvalue weighted by Gasteiger charge is -2.13. The predicted molar refractivity (Wildman–Crippen MR) is 56.6 cm³/mol. The molecule has 0 saturated carbocycles. The summed E-state index contributed by atoms with van der Waals surface area (Å²) in [6, 6.07) is 7.24. The van der Waals surface area contributed by atoms with E-state index >= 15 is 0 Å². The highest BCUT2D eigenvalue weighted by atomic mass is 16.5. The van der Waals surface area contributed by atoms with Crippen molar-refractivity contribution in [3.05, 3.63) is 40.3 Å². The first-order valence-electron chi connectivity index (χ1n) is 4.61. The van der Waals surface area contributed by atoms with E-state index in [4.69, 9.17) is 10.3 Å². The van der Waals surface area contributed by atoms with Crippen molar-refractivity contribution >= 4 is 0 Å². The monoisotopic (exact) mass is 207 g/mol. The maximum Gasteiger partial charge on any atom is 0.124 e. The Morgan fingerprint density at radius 2 is 2.27 bits per heavy atom. The number of aliphatic hydroxyl groups is 1. The molecule has 0 aliphatic rings. The van der Waals surface area contributed by atoms with Crippen LogP contribution in [0.3, 0.4) is 0 Å². The highest BCUT2D eigenvalue weighted by Gasteiger charge is 2.11. The molecule has 0 bridgehead atoms. The number of azide groups is 1. The number of rotatable bonds is 5. The maximum atomic E-state index is 9.80. The Labute approximate surface area is 87.9 Å². The van der Waals surface area contributed by atoms with Gasteiger partial charge >= 0.3 is 0 Å². The van der Waals surface area contributed by atoms with Gasteiger partial charge in [-0.15, -0.1) is 0 Å². The van der Waals surface area contributed by atoms with Gasteiger partial charge in [0, 0.05) is 17.0 Å². The number of hydrogen-bond acceptors (Lipinski definition) is 3. The fourth-order valence-electron chi connectivity index (χ4n) is 1.32. The molecule has 0 fully saturated rings. The smallest absolute Gasteiger partial charge is 0.124 e. The molecule has 5 heteroatoms. The van der Waals surface area contributed by atoms with E-state index < -0.39 is 6.10 Å². The van der Waals surface area contributed by atoms with Crippen molar-refractivity contribution in [3.8, 4) is 5.75 Å². The zero-order valence-corrected chi connectivity index (χ0v) is 8.50. The van der Waals surface area contributed by atoms with Gasteiger partial charge in [-0.25, -0.2) is 0 Å². The summed E-state index contributed by atoms with van der Waals surface area (Å²) in [5, 5.41) is 13.2. The van der Waals surface area contributed by atoms with Crippen LogP contribution in [0.5, 0.6) is 5.75 Å². The van der Waals surface area contributed by atoms with Crippen molar-refractivity contribution in [1.82, 2.24) is 0 Å². The first-order chi connectivity index (χ1) is 7.29. The van der Waals surface area contributed by atoms with Crippen molar-refractivity contribution in [3.63, 3.8) is 0 Å². The second kappa shape index (κ2) is 5.90. The molecule has 1 rings (SSSR count). The molecule has 1 aromatic rings. The lowest BCUT2D eigenvalue weighted by molar-refractivity contribution is 0.166. The van der Waals surface area contributed by atoms with Crippen LogP contribution in [-0.2, 0) is 0 Å². The van der Waals surface area contributed by atoms with Crippen LogP contribution in [0.15, 0.2) is 29.4 Å². The summed E-state index contributed by atoms with van der Waals surface area (Å²) in [4.78, 5) is 2.63. The fraction of sp³-hybridized carbons (Fsp3) is 0.400. The molecule has 1 unspecified atom stereocenters. The van der Waals surface area contributed by atoms with Crippen molar-refractivity contribution in [2.45, 2.75) is 12.5 Å². The van der Waals surface area contributed by atoms with Crippen LogP contribution in [0.2, 0.25) is 0 Å². The molecule has 0 aliphatic carbocycles. The molecular weight excluding hydrogens is 194 g/mol. The molecule has 1 N–H and O–H groups in total. The molecule has 0 saturated heterocycles. The van der Waals surface area contributed by atoms with Gasteiger partial charge in [0.1, 0.15) is 5.75 Å². The molecule has 80 valence electrons. The Hall–Kier alpha value is -1.71. The van der Waals surface area contributed by atoms with Crippen LogP contribution >= 0.6 is 0 Å². The summed E-state index contributed by atoms with van der Waals surface area (Å²) < 4.78 is 5.11. The van der Waals surface area contributed by atoms with Crippen LogP contribution in [0, 0.1) is 0 Å². The van der Waals surface area contributed by atoms with E-state index in [0.717, 1.165) is 0 Å². The molecule has 1 atom stereocenters. The van der Waals surface area contributed by atoms with Crippen LogP contribution < -0.4 is 4.74 Å². The van der Waals surface area contributed by atoms with Crippen LogP contribution in [0.4, 0.5) is 0 Å². The average molecular weight is 207 g/mol. The lowest BCUT2D eigenvalue weighted by Crippen LogP contribution is -2.01. The normalized spacial score (nSPS) is 11.6. The third-order valence-corrected chi connectivity index (χ3v) is 2.06. The SMILES string of the molecule is COc1ccccc1C(O)CCN=[N+]=[N-]. The minimum atomic E-state index is -0.661. The largest absolute Gasteiger partial charge is 0.496 e. The van der Waals surface area contributed by atoms with E-state index in [-0.39, 0.29) is 6.54 Å². The summed E-state index contributed by atoms with van der Waals surface area (Å²) in [5.41, 5.74) is 8.82. The molecule has 0 radical (unpaired) electrons. The zero-order valence-electron chi connectivity index (χ0n) is 8.50. The van der Waals surface area contributed by atoms with Crippen molar-refractivity contribution in [2.75, 3.05) is 13.7 Å². The van der Waals surface area contributed by atoms with E-state index in [0.29, 0.717) is 17.7 Å². The van der Waals surface area contributed by atoms with E-state index in [1.165, 1.54) is 0 Å². The highest BCUT2D eigenvalue weighted by Crippen LogP contribution is 2.26. The van der Waals surface area contributed by atoms with Gasteiger partial charge in [-0.1, -0.05) is 23.3 Å². The minimum absolute atomic E-state index is 0.274. The second-order valence-electron chi connectivity index (χ2n) is 3.00. The van der Waals surface area contributed by atoms with Crippen molar-refractivity contribution < 1.29 is 9.84 Å². The Morgan fingerprint density at radius 3 is 2.93 bits per heavy atom. The number of benzene rings is 1. The molecule has 0 aliphatic heterocycles. The first kappa shape index (κ1) is 11.4. The average Bonchev–Trinajstić information content (AvgIpc) is 2.29. The van der Waals surface area contributed by atoms with Gasteiger partial charge in [0.05, 0.1) is 13.2 Å². The number of hydrogen-bond donors (Lipinski definition) is 1. The summed E-state index contributed by atoms with van der Waals surface area (Å²) in [5.74, 6) is 0.644. The molecule has 0 heterocycles. The van der Waals surface area contributed by atoms with Crippen LogP contribution in [0.1, 0.15) is 18.1 Å². The summed E-state index contributed by atoms with van der Waals surface area (Å²) in [6.07, 6.45) is -0.267. The van der Waals surface area contributed by atoms with Gasteiger partial charge in [-0.3, -0.25) is 0 Å². The van der Waals surface area contributed by atoms with Gasteiger partial charge in [-0.2, -0.15) is 0 Å². The third kappa shape index (κ3) is 3.16. The number of nitrogens with zero attached hydrogens (tertiary/aromatic N) is 3. The van der Waals surface area contributed by atoms with Crippen LogP contribution in [0.25, 0.3) is 10.4 Å².